The van der Waals surface area contributed by atoms with E-state index in [4.69, 9.17) is 4.74 Å². The zero-order chi connectivity index (χ0) is 17.2. The first-order valence-corrected chi connectivity index (χ1v) is 9.59. The van der Waals surface area contributed by atoms with Gasteiger partial charge in [0, 0.05) is 6.04 Å². The Morgan fingerprint density at radius 3 is 2.48 bits per heavy atom. The molecule has 1 fully saturated rings. The van der Waals surface area contributed by atoms with Crippen LogP contribution in [0, 0.1) is 0 Å². The number of nitrogens with one attached hydrogen (secondary N) is 1. The van der Waals surface area contributed by atoms with E-state index in [2.05, 4.69) is 59.9 Å². The Hall–Kier alpha value is -2.06. The molecule has 1 saturated carbocycles. The van der Waals surface area contributed by atoms with E-state index in [-0.39, 0.29) is 0 Å². The van der Waals surface area contributed by atoms with Crippen LogP contribution >= 0.6 is 0 Å². The van der Waals surface area contributed by atoms with Crippen molar-refractivity contribution in [2.45, 2.75) is 44.6 Å². The summed E-state index contributed by atoms with van der Waals surface area (Å²) in [6, 6.07) is 19.4. The van der Waals surface area contributed by atoms with Crippen LogP contribution < -0.4 is 10.1 Å². The molecule has 0 aromatic heterocycles. The van der Waals surface area contributed by atoms with Gasteiger partial charge in [0.1, 0.15) is 5.75 Å². The van der Waals surface area contributed by atoms with E-state index >= 15 is 0 Å². The molecule has 1 aliphatic carbocycles. The lowest BCUT2D eigenvalue weighted by Crippen LogP contribution is -2.32. The number of benzene rings is 2. The number of hydrogen-bond donors (Lipinski definition) is 1. The Bertz CT molecular complexity index is 644. The van der Waals surface area contributed by atoms with E-state index in [1.54, 1.807) is 0 Å². The van der Waals surface area contributed by atoms with Crippen LogP contribution in [0.15, 0.2) is 54.6 Å². The van der Waals surface area contributed by atoms with Gasteiger partial charge in [-0.15, -0.1) is 0 Å². The second-order valence-electron chi connectivity index (χ2n) is 6.81. The Morgan fingerprint density at radius 1 is 0.880 bits per heavy atom. The summed E-state index contributed by atoms with van der Waals surface area (Å²) in [4.78, 5) is 0. The molecule has 0 atom stereocenters. The van der Waals surface area contributed by atoms with Crippen molar-refractivity contribution in [2.24, 2.45) is 0 Å². The minimum atomic E-state index is 0.736. The van der Waals surface area contributed by atoms with Crippen LogP contribution in [0.1, 0.15) is 49.7 Å². The molecule has 0 spiro atoms. The lowest BCUT2D eigenvalue weighted by Gasteiger charge is -2.22. The fourth-order valence-electron chi connectivity index (χ4n) is 3.34. The third-order valence-corrected chi connectivity index (χ3v) is 4.75. The molecular weight excluding hydrogens is 306 g/mol. The molecule has 0 heterocycles. The first-order chi connectivity index (χ1) is 12.4. The van der Waals surface area contributed by atoms with Gasteiger partial charge in [0.2, 0.25) is 0 Å². The van der Waals surface area contributed by atoms with Gasteiger partial charge in [0.25, 0.3) is 0 Å². The van der Waals surface area contributed by atoms with E-state index in [1.807, 2.05) is 12.1 Å². The minimum absolute atomic E-state index is 0.736. The summed E-state index contributed by atoms with van der Waals surface area (Å²) in [5, 5.41) is 3.67. The maximum Gasteiger partial charge on any atom is 0.119 e. The van der Waals surface area contributed by atoms with E-state index in [1.165, 1.54) is 43.2 Å². The van der Waals surface area contributed by atoms with Crippen LogP contribution in [0.5, 0.6) is 5.75 Å². The van der Waals surface area contributed by atoms with Crippen LogP contribution in [-0.4, -0.2) is 19.2 Å². The highest BCUT2D eigenvalue weighted by Gasteiger charge is 2.11. The average Bonchev–Trinajstić information content (AvgIpc) is 2.68. The molecule has 0 unspecified atom stereocenters. The molecule has 0 radical (unpaired) electrons. The number of rotatable bonds is 8. The highest BCUT2D eigenvalue weighted by molar-refractivity contribution is 5.70. The van der Waals surface area contributed by atoms with Gasteiger partial charge in [0.15, 0.2) is 0 Å². The van der Waals surface area contributed by atoms with Gasteiger partial charge >= 0.3 is 0 Å². The van der Waals surface area contributed by atoms with Gasteiger partial charge in [-0.3, -0.25) is 0 Å². The summed E-state index contributed by atoms with van der Waals surface area (Å²) in [5.74, 6) is 0.952. The highest BCUT2D eigenvalue weighted by atomic mass is 16.5. The molecule has 2 heteroatoms. The molecule has 25 heavy (non-hydrogen) atoms. The van der Waals surface area contributed by atoms with E-state index in [0.717, 1.165) is 31.4 Å². The van der Waals surface area contributed by atoms with Gasteiger partial charge in [0.05, 0.1) is 6.61 Å². The van der Waals surface area contributed by atoms with E-state index < -0.39 is 0 Å². The average molecular weight is 335 g/mol. The molecule has 2 aromatic rings. The Morgan fingerprint density at radius 2 is 1.64 bits per heavy atom. The topological polar surface area (TPSA) is 21.3 Å². The fourth-order valence-corrected chi connectivity index (χ4v) is 3.34. The van der Waals surface area contributed by atoms with E-state index in [0.29, 0.717) is 0 Å². The SMILES string of the molecule is C(=Cc1cccc(OCCCNC2CCCCC2)c1)c1ccccc1. The Kier molecular flexibility index (Phi) is 7.14. The molecule has 2 aromatic carbocycles. The van der Waals surface area contributed by atoms with Gasteiger partial charge in [-0.25, -0.2) is 0 Å². The van der Waals surface area contributed by atoms with Crippen molar-refractivity contribution in [2.75, 3.05) is 13.2 Å². The van der Waals surface area contributed by atoms with Crippen molar-refractivity contribution in [3.05, 3.63) is 65.7 Å². The predicted octanol–water partition coefficient (Wildman–Crippen LogP) is 5.55. The summed E-state index contributed by atoms with van der Waals surface area (Å²) < 4.78 is 5.91. The van der Waals surface area contributed by atoms with Crippen LogP contribution in [0.3, 0.4) is 0 Å². The smallest absolute Gasteiger partial charge is 0.119 e. The second kappa shape index (κ2) is 10.0. The van der Waals surface area contributed by atoms with Gasteiger partial charge < -0.3 is 10.1 Å². The molecular formula is C23H29NO. The third-order valence-electron chi connectivity index (χ3n) is 4.75. The van der Waals surface area contributed by atoms with Crippen molar-refractivity contribution >= 4 is 12.2 Å². The van der Waals surface area contributed by atoms with Gasteiger partial charge in [-0.05, 0) is 49.1 Å². The highest BCUT2D eigenvalue weighted by Crippen LogP contribution is 2.18. The molecule has 0 bridgehead atoms. The molecule has 1 aliphatic rings. The first-order valence-electron chi connectivity index (χ1n) is 9.59. The Balaban J connectivity index is 1.40. The normalized spacial score (nSPS) is 15.5. The summed E-state index contributed by atoms with van der Waals surface area (Å²) >= 11 is 0. The lowest BCUT2D eigenvalue weighted by atomic mass is 9.95. The molecule has 0 aliphatic heterocycles. The standard InChI is InChI=1S/C23H29NO/c1-3-9-20(10-4-1)15-16-21-11-7-14-23(19-21)25-18-8-17-24-22-12-5-2-6-13-22/h1,3-4,7,9-11,14-16,19,22,24H,2,5-6,8,12-13,17-18H2. The quantitative estimate of drug-likeness (QED) is 0.504. The zero-order valence-electron chi connectivity index (χ0n) is 15.0. The molecule has 0 amide bonds. The van der Waals surface area contributed by atoms with Gasteiger partial charge in [-0.2, -0.15) is 0 Å². The maximum absolute atomic E-state index is 5.91. The monoisotopic (exact) mass is 335 g/mol. The maximum atomic E-state index is 5.91. The van der Waals surface area contributed by atoms with Gasteiger partial charge in [-0.1, -0.05) is 73.9 Å². The molecule has 0 saturated heterocycles. The first kappa shape index (κ1) is 17.8. The van der Waals surface area contributed by atoms with Crippen LogP contribution in [0.25, 0.3) is 12.2 Å². The molecule has 3 rings (SSSR count). The van der Waals surface area contributed by atoms with Crippen molar-refractivity contribution in [1.82, 2.24) is 5.32 Å². The summed E-state index contributed by atoms with van der Waals surface area (Å²) in [7, 11) is 0. The van der Waals surface area contributed by atoms with Crippen molar-refractivity contribution < 1.29 is 4.74 Å². The van der Waals surface area contributed by atoms with E-state index in [9.17, 15) is 0 Å². The van der Waals surface area contributed by atoms with Crippen LogP contribution in [0.2, 0.25) is 0 Å². The lowest BCUT2D eigenvalue weighted by molar-refractivity contribution is 0.297. The fraction of sp³-hybridized carbons (Fsp3) is 0.391. The molecule has 2 nitrogen and oxygen atoms in total. The van der Waals surface area contributed by atoms with Crippen molar-refractivity contribution in [3.8, 4) is 5.75 Å². The second-order valence-corrected chi connectivity index (χ2v) is 6.81. The largest absolute Gasteiger partial charge is 0.494 e. The molecule has 132 valence electrons. The number of ether oxygens (including phenoxy) is 1. The Labute approximate surface area is 151 Å². The van der Waals surface area contributed by atoms with Crippen molar-refractivity contribution in [3.63, 3.8) is 0 Å². The van der Waals surface area contributed by atoms with Crippen molar-refractivity contribution in [1.29, 1.82) is 0 Å². The number of hydrogen-bond acceptors (Lipinski definition) is 2. The summed E-state index contributed by atoms with van der Waals surface area (Å²) in [6.07, 6.45) is 12.2. The van der Waals surface area contributed by atoms with Crippen LogP contribution in [-0.2, 0) is 0 Å². The molecule has 1 N–H and O–H groups in total. The third kappa shape index (κ3) is 6.39. The summed E-state index contributed by atoms with van der Waals surface area (Å²) in [5.41, 5.74) is 2.38. The summed E-state index contributed by atoms with van der Waals surface area (Å²) in [6.45, 7) is 1.82. The predicted molar refractivity (Wildman–Crippen MR) is 107 cm³/mol. The minimum Gasteiger partial charge on any atom is -0.494 e. The zero-order valence-corrected chi connectivity index (χ0v) is 15.0. The van der Waals surface area contributed by atoms with Crippen LogP contribution in [0.4, 0.5) is 0 Å².